The quantitative estimate of drug-likeness (QED) is 0.122. The number of anilines is 2. The molecule has 4 aromatic rings. The Labute approximate surface area is 336 Å². The van der Waals surface area contributed by atoms with Crippen LogP contribution >= 0.6 is 0 Å². The maximum absolute atomic E-state index is 12.5. The molecule has 0 fully saturated rings. The van der Waals surface area contributed by atoms with Gasteiger partial charge in [0.1, 0.15) is 23.0 Å². The lowest BCUT2D eigenvalue weighted by atomic mass is 9.98. The lowest BCUT2D eigenvalue weighted by Crippen LogP contribution is -2.16. The topological polar surface area (TPSA) is 66.0 Å². The van der Waals surface area contributed by atoms with Crippen LogP contribution < -0.4 is 24.3 Å². The Hall–Kier alpha value is -4.45. The molecular formula is C49H75NO5. The van der Waals surface area contributed by atoms with E-state index in [-0.39, 0.29) is 11.2 Å². The largest absolute Gasteiger partial charge is 0.494 e. The first-order chi connectivity index (χ1) is 26.3. The molecule has 0 unspecified atom stereocenters. The molecule has 6 nitrogen and oxygen atoms in total. The summed E-state index contributed by atoms with van der Waals surface area (Å²) < 4.78 is 22.3. The van der Waals surface area contributed by atoms with Crippen LogP contribution in [-0.4, -0.2) is 32.2 Å². The van der Waals surface area contributed by atoms with Gasteiger partial charge in [-0.05, 0) is 128 Å². The molecular weight excluding hydrogens is 683 g/mol. The van der Waals surface area contributed by atoms with Gasteiger partial charge in [-0.1, -0.05) is 102 Å². The fourth-order valence-corrected chi connectivity index (χ4v) is 3.91. The van der Waals surface area contributed by atoms with Crippen molar-refractivity contribution in [2.45, 2.75) is 122 Å². The molecule has 0 bridgehead atoms. The SMILES string of the molecule is CCC.CCC.CCC(C)C.CCCOc1ccc(C(=O)c2ccc(OCC(C)(C)C)cc2)cc1.CCCOc1ccc(Nc2ccc(OCC)cc2)cc1. The number of carbonyl (C=O) groups is 1. The molecule has 0 saturated heterocycles. The highest BCUT2D eigenvalue weighted by atomic mass is 16.5. The second kappa shape index (κ2) is 30.8. The molecule has 0 radical (unpaired) electrons. The summed E-state index contributed by atoms with van der Waals surface area (Å²) in [4.78, 5) is 12.5. The summed E-state index contributed by atoms with van der Waals surface area (Å²) in [6.07, 6.45) is 5.79. The minimum atomic E-state index is -0.000544. The summed E-state index contributed by atoms with van der Waals surface area (Å²) >= 11 is 0. The van der Waals surface area contributed by atoms with Gasteiger partial charge in [-0.15, -0.1) is 0 Å². The zero-order valence-corrected chi connectivity index (χ0v) is 36.7. The van der Waals surface area contributed by atoms with E-state index in [1.165, 1.54) is 19.3 Å². The zero-order valence-electron chi connectivity index (χ0n) is 36.7. The van der Waals surface area contributed by atoms with Crippen LogP contribution in [0.3, 0.4) is 0 Å². The maximum Gasteiger partial charge on any atom is 0.193 e. The average Bonchev–Trinajstić information content (AvgIpc) is 3.18. The number of ketones is 1. The number of ether oxygens (including phenoxy) is 4. The van der Waals surface area contributed by atoms with E-state index < -0.39 is 0 Å². The van der Waals surface area contributed by atoms with Gasteiger partial charge in [0, 0.05) is 22.5 Å². The van der Waals surface area contributed by atoms with Gasteiger partial charge >= 0.3 is 0 Å². The standard InChI is InChI=1S/C21H26O3.C17H21NO2.C5H12.2C3H8/c1-5-14-23-18-10-6-16(7-11-18)20(22)17-8-12-19(13-9-17)24-15-21(2,3)4;1-3-13-20-17-11-7-15(8-12-17)18-14-5-9-16(10-6-14)19-4-2;1-4-5(2)3;2*1-3-2/h6-13H,5,14-15H2,1-4H3;5-12,18H,3-4,13H2,1-2H3;5H,4H2,1-3H3;2*3H2,1-2H3. The van der Waals surface area contributed by atoms with E-state index >= 15 is 0 Å². The normalized spacial score (nSPS) is 10.1. The van der Waals surface area contributed by atoms with E-state index in [0.29, 0.717) is 30.9 Å². The van der Waals surface area contributed by atoms with Crippen molar-refractivity contribution < 1.29 is 23.7 Å². The molecule has 0 aliphatic rings. The Morgan fingerprint density at radius 1 is 0.527 bits per heavy atom. The summed E-state index contributed by atoms with van der Waals surface area (Å²) in [6, 6.07) is 30.5. The second-order valence-electron chi connectivity index (χ2n) is 14.7. The summed E-state index contributed by atoms with van der Waals surface area (Å²) in [7, 11) is 0. The highest BCUT2D eigenvalue weighted by Crippen LogP contribution is 2.23. The van der Waals surface area contributed by atoms with E-state index in [2.05, 4.69) is 88.4 Å². The predicted molar refractivity (Wildman–Crippen MR) is 237 cm³/mol. The van der Waals surface area contributed by atoms with Gasteiger partial charge < -0.3 is 24.3 Å². The number of rotatable bonds is 15. The highest BCUT2D eigenvalue weighted by molar-refractivity contribution is 6.09. The Balaban J connectivity index is 0.000000844. The van der Waals surface area contributed by atoms with Crippen molar-refractivity contribution in [3.63, 3.8) is 0 Å². The molecule has 306 valence electrons. The van der Waals surface area contributed by atoms with Gasteiger partial charge in [0.2, 0.25) is 0 Å². The first-order valence-electron chi connectivity index (χ1n) is 20.5. The predicted octanol–water partition coefficient (Wildman–Crippen LogP) is 14.6. The number of hydrogen-bond donors (Lipinski definition) is 1. The highest BCUT2D eigenvalue weighted by Gasteiger charge is 2.12. The summed E-state index contributed by atoms with van der Waals surface area (Å²) in [5, 5.41) is 3.35. The van der Waals surface area contributed by atoms with E-state index in [1.54, 1.807) is 12.1 Å². The molecule has 0 heterocycles. The van der Waals surface area contributed by atoms with Crippen LogP contribution in [-0.2, 0) is 0 Å². The van der Waals surface area contributed by atoms with Crippen LogP contribution in [0.2, 0.25) is 0 Å². The molecule has 0 spiro atoms. The van der Waals surface area contributed by atoms with Crippen molar-refractivity contribution in [1.82, 2.24) is 0 Å². The van der Waals surface area contributed by atoms with E-state index in [0.717, 1.165) is 59.7 Å². The third kappa shape index (κ3) is 25.3. The average molecular weight is 758 g/mol. The first kappa shape index (κ1) is 50.5. The van der Waals surface area contributed by atoms with E-state index in [1.807, 2.05) is 91.9 Å². The number of benzene rings is 4. The van der Waals surface area contributed by atoms with E-state index in [4.69, 9.17) is 18.9 Å². The van der Waals surface area contributed by atoms with Gasteiger partial charge in [0.05, 0.1) is 26.4 Å². The fraction of sp³-hybridized carbons (Fsp3) is 0.490. The lowest BCUT2D eigenvalue weighted by molar-refractivity contribution is 0.103. The Morgan fingerprint density at radius 3 is 1.13 bits per heavy atom. The van der Waals surface area contributed by atoms with Crippen LogP contribution in [0.25, 0.3) is 0 Å². The second-order valence-corrected chi connectivity index (χ2v) is 14.7. The molecule has 0 aliphatic carbocycles. The van der Waals surface area contributed by atoms with Crippen LogP contribution in [0.4, 0.5) is 11.4 Å². The van der Waals surface area contributed by atoms with Gasteiger partial charge in [-0.2, -0.15) is 0 Å². The van der Waals surface area contributed by atoms with Gasteiger partial charge in [0.25, 0.3) is 0 Å². The lowest BCUT2D eigenvalue weighted by Gasteiger charge is -2.18. The van der Waals surface area contributed by atoms with Crippen LogP contribution in [0.15, 0.2) is 97.1 Å². The Kier molecular flexibility index (Phi) is 28.3. The third-order valence-electron chi connectivity index (χ3n) is 6.98. The molecule has 1 N–H and O–H groups in total. The van der Waals surface area contributed by atoms with E-state index in [9.17, 15) is 4.79 Å². The summed E-state index contributed by atoms with van der Waals surface area (Å²) in [6.45, 7) is 30.4. The summed E-state index contributed by atoms with van der Waals surface area (Å²) in [5.41, 5.74) is 3.49. The van der Waals surface area contributed by atoms with Crippen molar-refractivity contribution in [3.05, 3.63) is 108 Å². The number of nitrogens with one attached hydrogen (secondary N) is 1. The molecule has 4 rings (SSSR count). The fourth-order valence-electron chi connectivity index (χ4n) is 3.91. The number of carbonyl (C=O) groups excluding carboxylic acids is 1. The molecule has 0 atom stereocenters. The monoisotopic (exact) mass is 758 g/mol. The molecule has 0 saturated carbocycles. The van der Waals surface area contributed by atoms with Crippen LogP contribution in [0, 0.1) is 11.3 Å². The van der Waals surface area contributed by atoms with Crippen molar-refractivity contribution in [1.29, 1.82) is 0 Å². The van der Waals surface area contributed by atoms with Gasteiger partial charge in [0.15, 0.2) is 5.78 Å². The molecule has 0 aliphatic heterocycles. The molecule has 0 aromatic heterocycles. The van der Waals surface area contributed by atoms with Crippen LogP contribution in [0.5, 0.6) is 23.0 Å². The van der Waals surface area contributed by atoms with Gasteiger partial charge in [-0.25, -0.2) is 0 Å². The van der Waals surface area contributed by atoms with Gasteiger partial charge in [-0.3, -0.25) is 4.79 Å². The zero-order chi connectivity index (χ0) is 41.5. The maximum atomic E-state index is 12.5. The molecule has 55 heavy (non-hydrogen) atoms. The number of hydrogen-bond acceptors (Lipinski definition) is 6. The summed E-state index contributed by atoms with van der Waals surface area (Å²) in [5.74, 6) is 4.25. The third-order valence-corrected chi connectivity index (χ3v) is 6.98. The molecule has 4 aromatic carbocycles. The molecule has 6 heteroatoms. The van der Waals surface area contributed by atoms with Crippen LogP contribution in [0.1, 0.15) is 138 Å². The minimum absolute atomic E-state index is 0.000544. The Morgan fingerprint density at radius 2 is 0.836 bits per heavy atom. The van der Waals surface area contributed by atoms with Crippen molar-refractivity contribution in [3.8, 4) is 23.0 Å². The minimum Gasteiger partial charge on any atom is -0.494 e. The first-order valence-corrected chi connectivity index (χ1v) is 20.5. The van der Waals surface area contributed by atoms with Crippen molar-refractivity contribution >= 4 is 17.2 Å². The molecule has 0 amide bonds. The van der Waals surface area contributed by atoms with Crippen molar-refractivity contribution in [2.75, 3.05) is 31.7 Å². The van der Waals surface area contributed by atoms with Crippen molar-refractivity contribution in [2.24, 2.45) is 11.3 Å². The smallest absolute Gasteiger partial charge is 0.193 e. The Bertz CT molecular complexity index is 1470.